The van der Waals surface area contributed by atoms with Crippen LogP contribution in [0.15, 0.2) is 34.0 Å². The lowest BCUT2D eigenvalue weighted by molar-refractivity contribution is -0.120. The van der Waals surface area contributed by atoms with Gasteiger partial charge in [0.2, 0.25) is 11.8 Å². The summed E-state index contributed by atoms with van der Waals surface area (Å²) in [5.41, 5.74) is 2.70. The summed E-state index contributed by atoms with van der Waals surface area (Å²) in [7, 11) is 0. The van der Waals surface area contributed by atoms with Crippen molar-refractivity contribution < 1.29 is 9.59 Å². The zero-order chi connectivity index (χ0) is 18.1. The average molecular weight is 378 g/mol. The summed E-state index contributed by atoms with van der Waals surface area (Å²) in [6.07, 6.45) is 2.33. The van der Waals surface area contributed by atoms with Crippen LogP contribution in [0.25, 0.3) is 0 Å². The minimum absolute atomic E-state index is 0.00702. The van der Waals surface area contributed by atoms with Crippen molar-refractivity contribution in [3.63, 3.8) is 0 Å². The van der Waals surface area contributed by atoms with Crippen molar-refractivity contribution in [2.45, 2.75) is 37.4 Å². The Bertz CT molecular complexity index is 699. The molecule has 0 unspecified atom stereocenters. The first-order valence-corrected chi connectivity index (χ1v) is 10.1. The number of thiazole rings is 1. The van der Waals surface area contributed by atoms with Crippen LogP contribution in [0.2, 0.25) is 0 Å². The van der Waals surface area contributed by atoms with Crippen molar-refractivity contribution in [3.05, 3.63) is 40.9 Å². The maximum absolute atomic E-state index is 12.0. The molecule has 0 aliphatic heterocycles. The molecule has 7 heteroatoms. The predicted octanol–water partition coefficient (Wildman–Crippen LogP) is 3.64. The summed E-state index contributed by atoms with van der Waals surface area (Å²) in [4.78, 5) is 28.2. The molecule has 0 spiro atoms. The van der Waals surface area contributed by atoms with Crippen LogP contribution in [0.5, 0.6) is 0 Å². The number of hydrogen-bond donors (Lipinski definition) is 2. The normalized spacial score (nSPS) is 10.5. The highest BCUT2D eigenvalue weighted by molar-refractivity contribution is 8.01. The van der Waals surface area contributed by atoms with Gasteiger partial charge < -0.3 is 10.6 Å². The molecule has 2 amide bonds. The van der Waals surface area contributed by atoms with E-state index in [4.69, 9.17) is 0 Å². The van der Waals surface area contributed by atoms with Crippen molar-refractivity contribution >= 4 is 40.6 Å². The molecular formula is C18H23N3O2S2. The molecule has 1 heterocycles. The van der Waals surface area contributed by atoms with E-state index in [2.05, 4.69) is 22.5 Å². The third-order valence-electron chi connectivity index (χ3n) is 3.39. The van der Waals surface area contributed by atoms with Gasteiger partial charge in [0.1, 0.15) is 0 Å². The molecule has 0 fully saturated rings. The largest absolute Gasteiger partial charge is 0.356 e. The molecule has 134 valence electrons. The maximum Gasteiger partial charge on any atom is 0.234 e. The molecule has 0 saturated carbocycles. The fourth-order valence-corrected chi connectivity index (χ4v) is 3.67. The second-order valence-corrected chi connectivity index (χ2v) is 7.77. The molecule has 0 aliphatic rings. The SMILES string of the molecule is CCCCNC(=O)Cc1csc(SCC(=O)Nc2ccc(C)cc2)n1. The Balaban J connectivity index is 1.74. The van der Waals surface area contributed by atoms with E-state index in [1.54, 1.807) is 0 Å². The van der Waals surface area contributed by atoms with Gasteiger partial charge in [-0.15, -0.1) is 11.3 Å². The summed E-state index contributed by atoms with van der Waals surface area (Å²) in [6, 6.07) is 7.69. The highest BCUT2D eigenvalue weighted by Gasteiger charge is 2.10. The Morgan fingerprint density at radius 1 is 1.20 bits per heavy atom. The second kappa shape index (κ2) is 10.2. The quantitative estimate of drug-likeness (QED) is 0.517. The summed E-state index contributed by atoms with van der Waals surface area (Å²) >= 11 is 2.85. The summed E-state index contributed by atoms with van der Waals surface area (Å²) in [6.45, 7) is 4.80. The van der Waals surface area contributed by atoms with Crippen LogP contribution in [0.4, 0.5) is 5.69 Å². The number of aryl methyl sites for hydroxylation is 1. The van der Waals surface area contributed by atoms with Crippen molar-refractivity contribution in [1.82, 2.24) is 10.3 Å². The molecule has 2 N–H and O–H groups in total. The summed E-state index contributed by atoms with van der Waals surface area (Å²) in [5, 5.41) is 7.61. The molecular weight excluding hydrogens is 354 g/mol. The number of hydrogen-bond acceptors (Lipinski definition) is 5. The fraction of sp³-hybridized carbons (Fsp3) is 0.389. The van der Waals surface area contributed by atoms with Gasteiger partial charge in [0.15, 0.2) is 4.34 Å². The van der Waals surface area contributed by atoms with Gasteiger partial charge in [-0.1, -0.05) is 42.8 Å². The van der Waals surface area contributed by atoms with Crippen LogP contribution in [0.3, 0.4) is 0 Å². The van der Waals surface area contributed by atoms with Crippen molar-refractivity contribution in [3.8, 4) is 0 Å². The number of rotatable bonds is 9. The third kappa shape index (κ3) is 7.27. The molecule has 25 heavy (non-hydrogen) atoms. The van der Waals surface area contributed by atoms with Crippen molar-refractivity contribution in [1.29, 1.82) is 0 Å². The first-order chi connectivity index (χ1) is 12.1. The first-order valence-electron chi connectivity index (χ1n) is 8.27. The zero-order valence-electron chi connectivity index (χ0n) is 14.5. The number of thioether (sulfide) groups is 1. The van der Waals surface area contributed by atoms with Crippen LogP contribution >= 0.6 is 23.1 Å². The van der Waals surface area contributed by atoms with E-state index >= 15 is 0 Å². The van der Waals surface area contributed by atoms with Gasteiger partial charge in [-0.3, -0.25) is 9.59 Å². The Labute approximate surface area is 156 Å². The molecule has 0 bridgehead atoms. The lowest BCUT2D eigenvalue weighted by Gasteiger charge is -2.04. The molecule has 0 atom stereocenters. The maximum atomic E-state index is 12.0. The van der Waals surface area contributed by atoms with Crippen LogP contribution in [0, 0.1) is 6.92 Å². The summed E-state index contributed by atoms with van der Waals surface area (Å²) < 4.78 is 0.801. The van der Waals surface area contributed by atoms with E-state index in [9.17, 15) is 9.59 Å². The number of nitrogens with one attached hydrogen (secondary N) is 2. The molecule has 1 aromatic heterocycles. The highest BCUT2D eigenvalue weighted by Crippen LogP contribution is 2.23. The van der Waals surface area contributed by atoms with Gasteiger partial charge in [0, 0.05) is 17.6 Å². The van der Waals surface area contributed by atoms with E-state index < -0.39 is 0 Å². The van der Waals surface area contributed by atoms with Gasteiger partial charge in [-0.25, -0.2) is 4.98 Å². The van der Waals surface area contributed by atoms with Crippen LogP contribution in [0.1, 0.15) is 31.0 Å². The molecule has 2 aromatic rings. The van der Waals surface area contributed by atoms with E-state index in [1.807, 2.05) is 36.6 Å². The number of anilines is 1. The Hall–Kier alpha value is -1.86. The minimum atomic E-state index is -0.0667. The van der Waals surface area contributed by atoms with Crippen molar-refractivity contribution in [2.24, 2.45) is 0 Å². The van der Waals surface area contributed by atoms with Crippen LogP contribution in [-0.2, 0) is 16.0 Å². The number of amides is 2. The fourth-order valence-electron chi connectivity index (χ4n) is 2.03. The topological polar surface area (TPSA) is 71.1 Å². The number of carbonyl (C=O) groups excluding carboxylic acids is 2. The Morgan fingerprint density at radius 2 is 1.96 bits per heavy atom. The van der Waals surface area contributed by atoms with Crippen LogP contribution < -0.4 is 10.6 Å². The minimum Gasteiger partial charge on any atom is -0.356 e. The molecule has 1 aromatic carbocycles. The molecule has 0 radical (unpaired) electrons. The van der Waals surface area contributed by atoms with Crippen LogP contribution in [-0.4, -0.2) is 29.1 Å². The number of aromatic nitrogens is 1. The van der Waals surface area contributed by atoms with E-state index in [1.165, 1.54) is 23.1 Å². The lowest BCUT2D eigenvalue weighted by Crippen LogP contribution is -2.26. The highest BCUT2D eigenvalue weighted by atomic mass is 32.2. The predicted molar refractivity (Wildman–Crippen MR) is 104 cm³/mol. The van der Waals surface area contributed by atoms with E-state index in [0.717, 1.165) is 34.1 Å². The molecule has 0 aliphatic carbocycles. The second-order valence-electron chi connectivity index (χ2n) is 5.69. The van der Waals surface area contributed by atoms with Gasteiger partial charge in [0.05, 0.1) is 17.9 Å². The number of unbranched alkanes of at least 4 members (excludes halogenated alkanes) is 1. The van der Waals surface area contributed by atoms with Gasteiger partial charge in [0.25, 0.3) is 0 Å². The lowest BCUT2D eigenvalue weighted by atomic mass is 10.2. The van der Waals surface area contributed by atoms with E-state index in [0.29, 0.717) is 12.3 Å². The van der Waals surface area contributed by atoms with E-state index in [-0.39, 0.29) is 18.2 Å². The third-order valence-corrected chi connectivity index (χ3v) is 5.46. The molecule has 5 nitrogen and oxygen atoms in total. The Kier molecular flexibility index (Phi) is 7.94. The van der Waals surface area contributed by atoms with Gasteiger partial charge in [-0.2, -0.15) is 0 Å². The standard InChI is InChI=1S/C18H23N3O2S2/c1-3-4-9-19-16(22)10-15-11-24-18(21-15)25-12-17(23)20-14-7-5-13(2)6-8-14/h5-8,11H,3-4,9-10,12H2,1-2H3,(H,19,22)(H,20,23). The molecule has 2 rings (SSSR count). The summed E-state index contributed by atoms with van der Waals surface area (Å²) in [5.74, 6) is 0.221. The zero-order valence-corrected chi connectivity index (χ0v) is 16.1. The smallest absolute Gasteiger partial charge is 0.234 e. The van der Waals surface area contributed by atoms with Gasteiger partial charge >= 0.3 is 0 Å². The Morgan fingerprint density at radius 3 is 2.68 bits per heavy atom. The van der Waals surface area contributed by atoms with Gasteiger partial charge in [-0.05, 0) is 25.5 Å². The average Bonchev–Trinajstić information content (AvgIpc) is 3.03. The number of nitrogens with zero attached hydrogens (tertiary/aromatic N) is 1. The molecule has 0 saturated heterocycles. The van der Waals surface area contributed by atoms with Crippen molar-refractivity contribution in [2.75, 3.05) is 17.6 Å². The first kappa shape index (κ1) is 19.5. The monoisotopic (exact) mass is 377 g/mol. The number of benzene rings is 1. The number of carbonyl (C=O) groups is 2.